The summed E-state index contributed by atoms with van der Waals surface area (Å²) >= 11 is 0. The van der Waals surface area contributed by atoms with E-state index in [-0.39, 0.29) is 42.4 Å². The number of hydrogen-bond donors (Lipinski definition) is 1. The van der Waals surface area contributed by atoms with Crippen LogP contribution in [0.4, 0.5) is 5.69 Å². The van der Waals surface area contributed by atoms with Gasteiger partial charge in [0.15, 0.2) is 0 Å². The molecule has 0 aliphatic carbocycles. The molecule has 0 fully saturated rings. The summed E-state index contributed by atoms with van der Waals surface area (Å²) in [6.07, 6.45) is 0. The van der Waals surface area contributed by atoms with Crippen molar-refractivity contribution in [2.24, 2.45) is 0 Å². The number of rotatable bonds is 13. The Morgan fingerprint density at radius 2 is 1.00 bits per heavy atom. The average molecular weight is 602 g/mol. The summed E-state index contributed by atoms with van der Waals surface area (Å²) < 4.78 is 17.7. The van der Waals surface area contributed by atoms with Crippen molar-refractivity contribution in [3.63, 3.8) is 0 Å². The van der Waals surface area contributed by atoms with Crippen LogP contribution >= 0.6 is 0 Å². The fourth-order valence-corrected chi connectivity index (χ4v) is 4.56. The van der Waals surface area contributed by atoms with Crippen molar-refractivity contribution in [3.05, 3.63) is 161 Å². The number of carbonyl (C=O) groups is 3. The molecule has 45 heavy (non-hydrogen) atoms. The molecule has 0 aliphatic heterocycles. The lowest BCUT2D eigenvalue weighted by Gasteiger charge is -2.25. The first kappa shape index (κ1) is 30.6. The maximum absolute atomic E-state index is 14.5. The smallest absolute Gasteiger partial charge is 0.335 e. The van der Waals surface area contributed by atoms with E-state index in [2.05, 4.69) is 0 Å². The Balaban J connectivity index is 1.53. The lowest BCUT2D eigenvalue weighted by molar-refractivity contribution is -0.143. The normalized spacial score (nSPS) is 10.5. The first-order valence-corrected chi connectivity index (χ1v) is 14.3. The fourth-order valence-electron chi connectivity index (χ4n) is 4.56. The zero-order chi connectivity index (χ0) is 31.4. The molecule has 0 bridgehead atoms. The number of anilines is 1. The second-order valence-corrected chi connectivity index (χ2v) is 10.1. The third kappa shape index (κ3) is 8.36. The summed E-state index contributed by atoms with van der Waals surface area (Å²) in [5.74, 6) is -2.46. The molecule has 1 amide bonds. The molecular formula is C37H31NO7. The van der Waals surface area contributed by atoms with Gasteiger partial charge in [-0.05, 0) is 41.0 Å². The van der Waals surface area contributed by atoms with E-state index in [9.17, 15) is 19.5 Å². The lowest BCUT2D eigenvalue weighted by Crippen LogP contribution is -2.37. The number of para-hydroxylation sites is 1. The number of benzene rings is 5. The van der Waals surface area contributed by atoms with Crippen LogP contribution in [0, 0.1) is 0 Å². The number of amides is 1. The fraction of sp³-hybridized carbons (Fsp3) is 0.108. The van der Waals surface area contributed by atoms with Crippen LogP contribution in [-0.2, 0) is 29.4 Å². The van der Waals surface area contributed by atoms with Crippen molar-refractivity contribution >= 4 is 23.5 Å². The quantitative estimate of drug-likeness (QED) is 0.146. The molecule has 8 nitrogen and oxygen atoms in total. The maximum atomic E-state index is 14.5. The van der Waals surface area contributed by atoms with Crippen molar-refractivity contribution in [1.82, 2.24) is 0 Å². The Morgan fingerprint density at radius 3 is 1.44 bits per heavy atom. The Labute approximate surface area is 261 Å². The molecule has 0 aliphatic rings. The minimum atomic E-state index is -1.22. The van der Waals surface area contributed by atoms with Crippen LogP contribution in [0.1, 0.15) is 37.4 Å². The highest BCUT2D eigenvalue weighted by atomic mass is 16.5. The molecule has 5 rings (SSSR count). The van der Waals surface area contributed by atoms with Crippen molar-refractivity contribution in [2.75, 3.05) is 11.4 Å². The molecule has 5 aromatic carbocycles. The minimum Gasteiger partial charge on any atom is -0.488 e. The molecular weight excluding hydrogens is 570 g/mol. The minimum absolute atomic E-state index is 0.00500. The molecule has 226 valence electrons. The summed E-state index contributed by atoms with van der Waals surface area (Å²) in [6.45, 7) is -0.243. The Morgan fingerprint density at radius 1 is 0.578 bits per heavy atom. The summed E-state index contributed by atoms with van der Waals surface area (Å²) in [6, 6.07) is 39.1. The molecule has 0 unspecified atom stereocenters. The number of hydrogen-bond acceptors (Lipinski definition) is 6. The molecule has 8 heteroatoms. The second-order valence-electron chi connectivity index (χ2n) is 10.1. The van der Waals surface area contributed by atoms with Gasteiger partial charge in [0, 0.05) is 5.69 Å². The zero-order valence-electron chi connectivity index (χ0n) is 24.4. The summed E-state index contributed by atoms with van der Waals surface area (Å²) in [7, 11) is 0. The molecule has 5 aromatic rings. The van der Waals surface area contributed by atoms with E-state index in [1.807, 2.05) is 91.0 Å². The van der Waals surface area contributed by atoms with Gasteiger partial charge in [0.25, 0.3) is 5.91 Å². The number of esters is 1. The van der Waals surface area contributed by atoms with Gasteiger partial charge < -0.3 is 19.3 Å². The van der Waals surface area contributed by atoms with E-state index in [0.717, 1.165) is 16.7 Å². The van der Waals surface area contributed by atoms with Gasteiger partial charge in [0.05, 0.1) is 5.56 Å². The third-order valence-electron chi connectivity index (χ3n) is 6.84. The van der Waals surface area contributed by atoms with Crippen LogP contribution < -0.4 is 14.4 Å². The molecule has 1 N–H and O–H groups in total. The summed E-state index contributed by atoms with van der Waals surface area (Å²) in [5.41, 5.74) is 2.73. The summed E-state index contributed by atoms with van der Waals surface area (Å²) in [5, 5.41) is 9.93. The van der Waals surface area contributed by atoms with Crippen molar-refractivity contribution in [3.8, 4) is 11.5 Å². The van der Waals surface area contributed by atoms with Crippen molar-refractivity contribution < 1.29 is 33.7 Å². The third-order valence-corrected chi connectivity index (χ3v) is 6.84. The van der Waals surface area contributed by atoms with Gasteiger partial charge in [-0.25, -0.2) is 4.79 Å². The molecule has 0 atom stereocenters. The number of carbonyl (C=O) groups excluding carboxylic acids is 2. The van der Waals surface area contributed by atoms with Gasteiger partial charge in [-0.2, -0.15) is 0 Å². The first-order valence-electron chi connectivity index (χ1n) is 14.3. The van der Waals surface area contributed by atoms with E-state index in [4.69, 9.17) is 14.2 Å². The van der Waals surface area contributed by atoms with Crippen molar-refractivity contribution in [2.45, 2.75) is 19.8 Å². The topological polar surface area (TPSA) is 102 Å². The largest absolute Gasteiger partial charge is 0.488 e. The molecule has 0 heterocycles. The van der Waals surface area contributed by atoms with Gasteiger partial charge in [-0.15, -0.1) is 0 Å². The molecule has 0 saturated heterocycles. The van der Waals surface area contributed by atoms with Crippen molar-refractivity contribution in [1.29, 1.82) is 0 Å². The molecule has 0 spiro atoms. The van der Waals surface area contributed by atoms with Gasteiger partial charge in [-0.3, -0.25) is 14.5 Å². The Bertz CT molecular complexity index is 1660. The van der Waals surface area contributed by atoms with Crippen LogP contribution in [0.2, 0.25) is 0 Å². The van der Waals surface area contributed by atoms with Gasteiger partial charge >= 0.3 is 11.9 Å². The number of aromatic carboxylic acids is 1. The van der Waals surface area contributed by atoms with Crippen LogP contribution in [0.15, 0.2) is 133 Å². The Hall–Kier alpha value is -5.89. The SMILES string of the molecule is O=C(CN(C(=O)c1c(OCc2ccccc2)cc(C(=O)O)cc1OCc1ccccc1)c1ccccc1)OCc1ccccc1. The van der Waals surface area contributed by atoms with Crippen LogP contribution in [0.3, 0.4) is 0 Å². The standard InChI is InChI=1S/C37H31NO7/c39-34(45-26-29-17-9-3-10-18-29)23-38(31-19-11-4-12-20-31)36(40)35-32(43-24-27-13-5-1-6-14-27)21-30(37(41)42)22-33(35)44-25-28-15-7-2-8-16-28/h1-22H,23-26H2,(H,41,42). The van der Waals surface area contributed by atoms with Gasteiger partial charge in [0.2, 0.25) is 0 Å². The highest BCUT2D eigenvalue weighted by Crippen LogP contribution is 2.35. The van der Waals surface area contributed by atoms with Crippen LogP contribution in [0.5, 0.6) is 11.5 Å². The zero-order valence-corrected chi connectivity index (χ0v) is 24.4. The Kier molecular flexibility index (Phi) is 10.2. The van der Waals surface area contributed by atoms with E-state index < -0.39 is 24.4 Å². The van der Waals surface area contributed by atoms with Crippen LogP contribution in [0.25, 0.3) is 0 Å². The number of ether oxygens (including phenoxy) is 3. The first-order chi connectivity index (χ1) is 22.0. The second kappa shape index (κ2) is 15.0. The molecule has 0 saturated carbocycles. The summed E-state index contributed by atoms with van der Waals surface area (Å²) in [4.78, 5) is 41.1. The van der Waals surface area contributed by atoms with Gasteiger partial charge in [0.1, 0.15) is 43.4 Å². The highest BCUT2D eigenvalue weighted by Gasteiger charge is 2.29. The van der Waals surface area contributed by atoms with Crippen LogP contribution in [-0.4, -0.2) is 29.5 Å². The number of nitrogens with zero attached hydrogens (tertiary/aromatic N) is 1. The monoisotopic (exact) mass is 601 g/mol. The van der Waals surface area contributed by atoms with E-state index in [1.54, 1.807) is 30.3 Å². The molecule has 0 aromatic heterocycles. The average Bonchev–Trinajstić information content (AvgIpc) is 3.09. The predicted octanol–water partition coefficient (Wildman–Crippen LogP) is 6.93. The van der Waals surface area contributed by atoms with E-state index >= 15 is 0 Å². The van der Waals surface area contributed by atoms with E-state index in [1.165, 1.54) is 17.0 Å². The van der Waals surface area contributed by atoms with Gasteiger partial charge in [-0.1, -0.05) is 109 Å². The highest BCUT2D eigenvalue weighted by molar-refractivity contribution is 6.12. The number of carboxylic acids is 1. The predicted molar refractivity (Wildman–Crippen MR) is 169 cm³/mol. The maximum Gasteiger partial charge on any atom is 0.335 e. The lowest BCUT2D eigenvalue weighted by atomic mass is 10.1. The van der Waals surface area contributed by atoms with E-state index in [0.29, 0.717) is 5.69 Å². The molecule has 0 radical (unpaired) electrons. The number of carboxylic acid groups (broad SMARTS) is 1.